The van der Waals surface area contributed by atoms with Crippen LogP contribution in [0.5, 0.6) is 11.5 Å². The predicted molar refractivity (Wildman–Crippen MR) is 92.3 cm³/mol. The molecule has 0 bridgehead atoms. The lowest BCUT2D eigenvalue weighted by atomic mass is 10.2. The molecule has 0 saturated carbocycles. The molecule has 0 amide bonds. The third-order valence-corrected chi connectivity index (χ3v) is 4.36. The molecule has 0 unspecified atom stereocenters. The summed E-state index contributed by atoms with van der Waals surface area (Å²) < 4.78 is 34.1. The summed E-state index contributed by atoms with van der Waals surface area (Å²) in [6.07, 6.45) is 1.07. The molecule has 2 aromatic carbocycles. The first-order valence-corrected chi connectivity index (χ1v) is 9.34. The molecule has 3 aromatic rings. The minimum Gasteiger partial charge on any atom is -0.493 e. The number of hydrogen-bond acceptors (Lipinski definition) is 6. The zero-order valence-electron chi connectivity index (χ0n) is 13.8. The van der Waals surface area contributed by atoms with Gasteiger partial charge in [-0.2, -0.15) is 10.1 Å². The van der Waals surface area contributed by atoms with Gasteiger partial charge in [-0.25, -0.2) is 13.5 Å². The average Bonchev–Trinajstić information content (AvgIpc) is 3.11. The molecule has 1 N–H and O–H groups in total. The van der Waals surface area contributed by atoms with Gasteiger partial charge in [0.15, 0.2) is 17.3 Å². The highest BCUT2D eigenvalue weighted by Gasteiger charge is 2.16. The van der Waals surface area contributed by atoms with Crippen LogP contribution in [0.1, 0.15) is 5.56 Å². The van der Waals surface area contributed by atoms with Gasteiger partial charge in [0, 0.05) is 11.8 Å². The molecule has 1 aromatic heterocycles. The Labute approximate surface area is 145 Å². The highest BCUT2D eigenvalue weighted by Crippen LogP contribution is 2.32. The van der Waals surface area contributed by atoms with E-state index in [4.69, 9.17) is 9.47 Å². The largest absolute Gasteiger partial charge is 0.493 e. The molecule has 1 heterocycles. The minimum absolute atomic E-state index is 0.175. The van der Waals surface area contributed by atoms with Crippen LogP contribution in [0, 0.1) is 0 Å². The molecule has 7 nitrogen and oxygen atoms in total. The molecule has 0 saturated heterocycles. The first-order valence-electron chi connectivity index (χ1n) is 7.45. The number of H-pyrrole nitrogens is 1. The third-order valence-electron chi connectivity index (χ3n) is 3.48. The van der Waals surface area contributed by atoms with Crippen LogP contribution in [0.4, 0.5) is 0 Å². The number of rotatable bonds is 6. The van der Waals surface area contributed by atoms with Gasteiger partial charge in [0.1, 0.15) is 6.61 Å². The number of ether oxygens (including phenoxy) is 2. The van der Waals surface area contributed by atoms with Crippen LogP contribution < -0.4 is 9.47 Å². The van der Waals surface area contributed by atoms with Crippen LogP contribution in [-0.2, 0) is 16.4 Å². The predicted octanol–water partition coefficient (Wildman–Crippen LogP) is 2.46. The topological polar surface area (TPSA) is 94.2 Å². The smallest absolute Gasteiger partial charge is 0.243 e. The van der Waals surface area contributed by atoms with Crippen LogP contribution in [0.15, 0.2) is 53.7 Å². The van der Waals surface area contributed by atoms with Gasteiger partial charge in [0.05, 0.1) is 7.11 Å². The fourth-order valence-electron chi connectivity index (χ4n) is 2.20. The van der Waals surface area contributed by atoms with Gasteiger partial charge in [-0.3, -0.25) is 0 Å². The molecule has 0 spiro atoms. The number of nitrogens with zero attached hydrogens (tertiary/aromatic N) is 2. The number of aromatic nitrogens is 3. The van der Waals surface area contributed by atoms with Gasteiger partial charge in [-0.1, -0.05) is 30.3 Å². The second kappa shape index (κ2) is 6.94. The highest BCUT2D eigenvalue weighted by molar-refractivity contribution is 7.90. The van der Waals surface area contributed by atoms with E-state index in [9.17, 15) is 8.42 Å². The van der Waals surface area contributed by atoms with Crippen molar-refractivity contribution in [3.8, 4) is 22.9 Å². The molecule has 25 heavy (non-hydrogen) atoms. The van der Waals surface area contributed by atoms with Crippen molar-refractivity contribution in [2.24, 2.45) is 0 Å². The molecular weight excluding hydrogens is 342 g/mol. The average molecular weight is 359 g/mol. The molecule has 130 valence electrons. The Kier molecular flexibility index (Phi) is 4.71. The zero-order chi connectivity index (χ0) is 17.9. The summed E-state index contributed by atoms with van der Waals surface area (Å²) in [6.45, 7) is 0.412. The third kappa shape index (κ3) is 3.97. The van der Waals surface area contributed by atoms with Crippen LogP contribution in [0.2, 0.25) is 0 Å². The number of hydrogen-bond donors (Lipinski definition) is 1. The summed E-state index contributed by atoms with van der Waals surface area (Å²) in [6, 6.07) is 15.0. The fourth-order valence-corrected chi connectivity index (χ4v) is 2.67. The summed E-state index contributed by atoms with van der Waals surface area (Å²) in [5, 5.41) is 6.19. The Hall–Kier alpha value is -2.87. The second-order valence-electron chi connectivity index (χ2n) is 5.38. The standard InChI is InChI=1S/C17H17N3O4S/c1-23-15-10-13(16-18-17(20-19-16)25(2,21)22)8-9-14(15)24-11-12-6-4-3-5-7-12/h3-10H,11H2,1-2H3,(H,18,19,20). The van der Waals surface area contributed by atoms with E-state index in [1.54, 1.807) is 18.2 Å². The van der Waals surface area contributed by atoms with E-state index in [0.717, 1.165) is 11.8 Å². The summed E-state index contributed by atoms with van der Waals surface area (Å²) in [4.78, 5) is 4.00. The van der Waals surface area contributed by atoms with Crippen molar-refractivity contribution in [3.05, 3.63) is 54.1 Å². The number of benzene rings is 2. The molecule has 0 aliphatic rings. The van der Waals surface area contributed by atoms with Crippen molar-refractivity contribution in [2.75, 3.05) is 13.4 Å². The maximum Gasteiger partial charge on any atom is 0.243 e. The van der Waals surface area contributed by atoms with Crippen molar-refractivity contribution < 1.29 is 17.9 Å². The Balaban J connectivity index is 1.83. The maximum absolute atomic E-state index is 11.5. The SMILES string of the molecule is COc1cc(-c2n[nH]c(S(C)(=O)=O)n2)ccc1OCc1ccccc1. The lowest BCUT2D eigenvalue weighted by Gasteiger charge is -2.11. The van der Waals surface area contributed by atoms with Crippen LogP contribution >= 0.6 is 0 Å². The van der Waals surface area contributed by atoms with Crippen LogP contribution in [0.25, 0.3) is 11.4 Å². The van der Waals surface area contributed by atoms with Gasteiger partial charge in [0.25, 0.3) is 0 Å². The molecule has 0 radical (unpaired) electrons. The molecule has 0 atom stereocenters. The van der Waals surface area contributed by atoms with E-state index in [1.165, 1.54) is 7.11 Å². The van der Waals surface area contributed by atoms with E-state index in [1.807, 2.05) is 30.3 Å². The number of methoxy groups -OCH3 is 1. The normalized spacial score (nSPS) is 11.3. The second-order valence-corrected chi connectivity index (χ2v) is 7.31. The van der Waals surface area contributed by atoms with E-state index in [0.29, 0.717) is 23.7 Å². The van der Waals surface area contributed by atoms with Crippen molar-refractivity contribution >= 4 is 9.84 Å². The van der Waals surface area contributed by atoms with Gasteiger partial charge < -0.3 is 9.47 Å². The quantitative estimate of drug-likeness (QED) is 0.726. The van der Waals surface area contributed by atoms with Gasteiger partial charge >= 0.3 is 0 Å². The number of aromatic amines is 1. The number of sulfone groups is 1. The van der Waals surface area contributed by atoms with Crippen molar-refractivity contribution in [1.82, 2.24) is 15.2 Å². The van der Waals surface area contributed by atoms with Crippen LogP contribution in [0.3, 0.4) is 0 Å². The van der Waals surface area contributed by atoms with Gasteiger partial charge in [0.2, 0.25) is 15.0 Å². The van der Waals surface area contributed by atoms with Crippen molar-refractivity contribution in [2.45, 2.75) is 11.8 Å². The van der Waals surface area contributed by atoms with E-state index in [-0.39, 0.29) is 11.0 Å². The van der Waals surface area contributed by atoms with E-state index in [2.05, 4.69) is 15.2 Å². The van der Waals surface area contributed by atoms with Crippen molar-refractivity contribution in [1.29, 1.82) is 0 Å². The molecule has 3 rings (SSSR count). The summed E-state index contributed by atoms with van der Waals surface area (Å²) in [5.74, 6) is 1.36. The summed E-state index contributed by atoms with van der Waals surface area (Å²) >= 11 is 0. The molecule has 0 fully saturated rings. The molecule has 0 aliphatic heterocycles. The van der Waals surface area contributed by atoms with Gasteiger partial charge in [-0.05, 0) is 23.8 Å². The fraction of sp³-hybridized carbons (Fsp3) is 0.176. The van der Waals surface area contributed by atoms with Gasteiger partial charge in [-0.15, -0.1) is 0 Å². The van der Waals surface area contributed by atoms with Crippen molar-refractivity contribution in [3.63, 3.8) is 0 Å². The van der Waals surface area contributed by atoms with Crippen LogP contribution in [-0.4, -0.2) is 37.0 Å². The summed E-state index contributed by atoms with van der Waals surface area (Å²) in [5.41, 5.74) is 1.66. The Bertz CT molecular complexity index is 969. The maximum atomic E-state index is 11.5. The Morgan fingerprint density at radius 2 is 1.84 bits per heavy atom. The number of nitrogens with one attached hydrogen (secondary N) is 1. The van der Waals surface area contributed by atoms with E-state index >= 15 is 0 Å². The monoisotopic (exact) mass is 359 g/mol. The molecular formula is C17H17N3O4S. The Morgan fingerprint density at radius 3 is 2.48 bits per heavy atom. The first-order chi connectivity index (χ1) is 12.0. The lowest BCUT2D eigenvalue weighted by molar-refractivity contribution is 0.284. The van der Waals surface area contributed by atoms with E-state index < -0.39 is 9.84 Å². The lowest BCUT2D eigenvalue weighted by Crippen LogP contribution is -1.99. The highest BCUT2D eigenvalue weighted by atomic mass is 32.2. The zero-order valence-corrected chi connectivity index (χ0v) is 14.6. The molecule has 8 heteroatoms. The molecule has 0 aliphatic carbocycles. The Morgan fingerprint density at radius 1 is 1.08 bits per heavy atom. The minimum atomic E-state index is -3.44. The first kappa shape index (κ1) is 17.0. The summed E-state index contributed by atoms with van der Waals surface area (Å²) in [7, 11) is -1.90.